The number of amides is 9. The Kier molecular flexibility index (Phi) is 29.5. The highest BCUT2D eigenvalue weighted by atomic mass is 16.4. The van der Waals surface area contributed by atoms with E-state index in [2.05, 4.69) is 42.5 Å². The van der Waals surface area contributed by atoms with Crippen molar-refractivity contribution in [2.75, 3.05) is 26.2 Å². The van der Waals surface area contributed by atoms with Gasteiger partial charge in [0.25, 0.3) is 0 Å². The Morgan fingerprint density at radius 2 is 1.05 bits per heavy atom. The van der Waals surface area contributed by atoms with E-state index in [1.54, 1.807) is 13.8 Å². The molecule has 28 heteroatoms. The molecule has 0 aliphatic carbocycles. The number of carbonyl (C=O) groups is 11. The zero-order valence-corrected chi connectivity index (χ0v) is 41.2. The Labute approximate surface area is 421 Å². The number of phenolic OH excluding ortho intramolecular Hbond substituents is 1. The summed E-state index contributed by atoms with van der Waals surface area (Å²) >= 11 is 0. The van der Waals surface area contributed by atoms with Crippen molar-refractivity contribution in [2.45, 2.75) is 146 Å². The lowest BCUT2D eigenvalue weighted by Gasteiger charge is -2.27. The van der Waals surface area contributed by atoms with Crippen LogP contribution in [0.25, 0.3) is 0 Å². The van der Waals surface area contributed by atoms with E-state index in [1.807, 2.05) is 0 Å². The second-order valence-electron chi connectivity index (χ2n) is 17.5. The Morgan fingerprint density at radius 1 is 0.562 bits per heavy atom. The van der Waals surface area contributed by atoms with Crippen LogP contribution in [0.5, 0.6) is 5.75 Å². The largest absolute Gasteiger partial charge is 0.508 e. The van der Waals surface area contributed by atoms with Gasteiger partial charge in [0.2, 0.25) is 53.2 Å². The summed E-state index contributed by atoms with van der Waals surface area (Å²) in [6, 6.07) is -6.50. The van der Waals surface area contributed by atoms with E-state index in [-0.39, 0.29) is 57.4 Å². The van der Waals surface area contributed by atoms with Gasteiger partial charge in [-0.1, -0.05) is 26.0 Å². The predicted octanol–water partition coefficient (Wildman–Crippen LogP) is -5.73. The standard InChI is InChI=1S/C45H74N12O16/c1-23(2)36(56-38(65)27(48)14-16-33(49)61)43(70)55-32(22-58)42(69)54-31(20-25-10-12-26(60)13-11-25)41(68)52-28(8-4-6-18-46)39(66)50-21-34(62)51-29(15-17-35(63)64)40(67)57-37(24(3)59)44(71)53-30(45(72)73)9-5-7-19-47/h10-13,23-24,27-32,36-37,58-60H,4-9,14-22,46-48H2,1-3H3,(H2,49,61)(H,50,66)(H,51,62)(H,52,68)(H,53,71)(H,54,69)(H,55,70)(H,56,65)(H,57,67)(H,63,64)(H,72,73)/t24-,27+,28+,29+,30+,31+,32+,36+,37+/m1/s1. The number of hydrogen-bond acceptors (Lipinski definition) is 17. The predicted molar refractivity (Wildman–Crippen MR) is 259 cm³/mol. The van der Waals surface area contributed by atoms with Gasteiger partial charge in [-0.05, 0) is 95.0 Å². The number of aromatic hydroxyl groups is 1. The lowest BCUT2D eigenvalue weighted by atomic mass is 10.0. The summed E-state index contributed by atoms with van der Waals surface area (Å²) in [5.74, 6) is -12.1. The van der Waals surface area contributed by atoms with Gasteiger partial charge >= 0.3 is 11.9 Å². The number of rotatable bonds is 36. The van der Waals surface area contributed by atoms with Crippen molar-refractivity contribution in [1.82, 2.24) is 42.5 Å². The first-order chi connectivity index (χ1) is 34.3. The van der Waals surface area contributed by atoms with E-state index < -0.39 is 151 Å². The smallest absolute Gasteiger partial charge is 0.326 e. The maximum atomic E-state index is 14.1. The first-order valence-electron chi connectivity index (χ1n) is 23.7. The molecule has 0 unspecified atom stereocenters. The molecule has 0 saturated heterocycles. The molecule has 1 aromatic carbocycles. The van der Waals surface area contributed by atoms with Gasteiger partial charge < -0.3 is 91.0 Å². The average Bonchev–Trinajstić information content (AvgIpc) is 3.32. The maximum absolute atomic E-state index is 14.1. The molecule has 0 spiro atoms. The minimum atomic E-state index is -1.76. The van der Waals surface area contributed by atoms with Crippen molar-refractivity contribution in [3.63, 3.8) is 0 Å². The van der Waals surface area contributed by atoms with E-state index in [1.165, 1.54) is 24.3 Å². The van der Waals surface area contributed by atoms with E-state index in [0.29, 0.717) is 24.8 Å². The molecule has 1 aromatic rings. The van der Waals surface area contributed by atoms with Crippen LogP contribution in [0.4, 0.5) is 0 Å². The van der Waals surface area contributed by atoms with Gasteiger partial charge in [-0.2, -0.15) is 0 Å². The number of primary amides is 1. The summed E-state index contributed by atoms with van der Waals surface area (Å²) in [5, 5.41) is 68.1. The molecule has 0 heterocycles. The molecule has 410 valence electrons. The van der Waals surface area contributed by atoms with Gasteiger partial charge in [0, 0.05) is 19.3 Å². The normalized spacial score (nSPS) is 14.8. The molecule has 0 radical (unpaired) electrons. The zero-order valence-electron chi connectivity index (χ0n) is 41.2. The van der Waals surface area contributed by atoms with E-state index in [4.69, 9.17) is 22.9 Å². The van der Waals surface area contributed by atoms with Crippen molar-refractivity contribution in [2.24, 2.45) is 28.9 Å². The highest BCUT2D eigenvalue weighted by Crippen LogP contribution is 2.13. The number of phenols is 1. The second kappa shape index (κ2) is 33.6. The minimum absolute atomic E-state index is 0.0212. The van der Waals surface area contributed by atoms with Gasteiger partial charge in [-0.25, -0.2) is 4.79 Å². The summed E-state index contributed by atoms with van der Waals surface area (Å²) in [6.07, 6.45) is -2.08. The van der Waals surface area contributed by atoms with Gasteiger partial charge in [-0.3, -0.25) is 47.9 Å². The third-order valence-electron chi connectivity index (χ3n) is 11.0. The van der Waals surface area contributed by atoms with Crippen LogP contribution in [0.15, 0.2) is 24.3 Å². The molecule has 0 fully saturated rings. The van der Waals surface area contributed by atoms with Gasteiger partial charge in [0.15, 0.2) is 0 Å². The molecular weight excluding hydrogens is 965 g/mol. The summed E-state index contributed by atoms with van der Waals surface area (Å²) in [5.41, 5.74) is 22.5. The number of aliphatic hydroxyl groups excluding tert-OH is 2. The van der Waals surface area contributed by atoms with Gasteiger partial charge in [0.05, 0.1) is 25.3 Å². The van der Waals surface area contributed by atoms with E-state index >= 15 is 0 Å². The number of nitrogens with one attached hydrogen (secondary N) is 8. The van der Waals surface area contributed by atoms with Crippen LogP contribution < -0.4 is 65.5 Å². The first kappa shape index (κ1) is 64.0. The topological polar surface area (TPSA) is 489 Å². The first-order valence-corrected chi connectivity index (χ1v) is 23.7. The number of nitrogens with two attached hydrogens (primary N) is 4. The van der Waals surface area contributed by atoms with Gasteiger partial charge in [-0.15, -0.1) is 0 Å². The van der Waals surface area contributed by atoms with Crippen LogP contribution in [0.3, 0.4) is 0 Å². The van der Waals surface area contributed by atoms with Crippen molar-refractivity contribution < 1.29 is 78.3 Å². The van der Waals surface area contributed by atoms with Crippen molar-refractivity contribution in [3.05, 3.63) is 29.8 Å². The number of aliphatic carboxylic acids is 2. The van der Waals surface area contributed by atoms with Crippen molar-refractivity contribution in [3.8, 4) is 5.75 Å². The molecule has 0 saturated carbocycles. The average molecular weight is 1040 g/mol. The van der Waals surface area contributed by atoms with Crippen LogP contribution in [-0.4, -0.2) is 171 Å². The second-order valence-corrected chi connectivity index (χ2v) is 17.5. The number of carbonyl (C=O) groups excluding carboxylic acids is 9. The highest BCUT2D eigenvalue weighted by molar-refractivity contribution is 5.98. The fourth-order valence-corrected chi connectivity index (χ4v) is 6.81. The quantitative estimate of drug-likeness (QED) is 0.0279. The fraction of sp³-hybridized carbons (Fsp3) is 0.622. The van der Waals surface area contributed by atoms with Crippen LogP contribution >= 0.6 is 0 Å². The summed E-state index contributed by atoms with van der Waals surface area (Å²) in [4.78, 5) is 142. The maximum Gasteiger partial charge on any atom is 0.326 e. The van der Waals surface area contributed by atoms with Crippen molar-refractivity contribution in [1.29, 1.82) is 0 Å². The Balaban J connectivity index is 3.32. The molecule has 0 aliphatic rings. The molecule has 0 aromatic heterocycles. The zero-order chi connectivity index (χ0) is 55.4. The van der Waals surface area contributed by atoms with Crippen LogP contribution in [0.2, 0.25) is 0 Å². The number of benzene rings is 1. The minimum Gasteiger partial charge on any atom is -0.508 e. The summed E-state index contributed by atoms with van der Waals surface area (Å²) in [7, 11) is 0. The molecule has 21 N–H and O–H groups in total. The third kappa shape index (κ3) is 24.8. The van der Waals surface area contributed by atoms with E-state index in [9.17, 15) is 78.3 Å². The molecule has 0 aliphatic heterocycles. The highest BCUT2D eigenvalue weighted by Gasteiger charge is 2.35. The lowest BCUT2D eigenvalue weighted by Crippen LogP contribution is -2.61. The number of carboxylic acid groups (broad SMARTS) is 2. The van der Waals surface area contributed by atoms with Gasteiger partial charge in [0.1, 0.15) is 48.0 Å². The monoisotopic (exact) mass is 1040 g/mol. The third-order valence-corrected chi connectivity index (χ3v) is 11.0. The SMILES string of the molecule is CC(C)[C@H](NC(=O)[C@@H](N)CCC(N)=O)C(=O)N[C@@H](CO)C(=O)N[C@@H](Cc1ccc(O)cc1)C(=O)N[C@@H](CCCCN)C(=O)NCC(=O)N[C@@H](CCC(=O)O)C(=O)N[C@H](C(=O)N[C@@H](CCCCN)C(=O)O)[C@@H](C)O. The number of hydrogen-bond donors (Lipinski definition) is 17. The van der Waals surface area contributed by atoms with Crippen LogP contribution in [0, 0.1) is 5.92 Å². The summed E-state index contributed by atoms with van der Waals surface area (Å²) < 4.78 is 0. The molecular formula is C45H74N12O16. The Bertz CT molecular complexity index is 2030. The molecule has 28 nitrogen and oxygen atoms in total. The van der Waals surface area contributed by atoms with Crippen LogP contribution in [0.1, 0.15) is 90.5 Å². The van der Waals surface area contributed by atoms with E-state index in [0.717, 1.165) is 6.92 Å². The van der Waals surface area contributed by atoms with Crippen LogP contribution in [-0.2, 0) is 59.2 Å². The Hall–Kier alpha value is -7.01. The molecule has 1 rings (SSSR count). The lowest BCUT2D eigenvalue weighted by molar-refractivity contribution is -0.143. The number of unbranched alkanes of at least 4 members (excludes halogenated alkanes) is 2. The molecule has 9 amide bonds. The van der Waals surface area contributed by atoms with Crippen molar-refractivity contribution >= 4 is 65.1 Å². The molecule has 73 heavy (non-hydrogen) atoms. The number of aliphatic hydroxyl groups is 2. The fourth-order valence-electron chi connectivity index (χ4n) is 6.81. The Morgan fingerprint density at radius 3 is 1.58 bits per heavy atom. The molecule has 0 bridgehead atoms. The summed E-state index contributed by atoms with van der Waals surface area (Å²) in [6.45, 7) is 2.88. The number of carboxylic acids is 2. The molecule has 9 atom stereocenters.